The van der Waals surface area contributed by atoms with Crippen molar-refractivity contribution in [2.24, 2.45) is 11.8 Å². The minimum absolute atomic E-state index is 0.0721. The van der Waals surface area contributed by atoms with Gasteiger partial charge >= 0.3 is 0 Å². The summed E-state index contributed by atoms with van der Waals surface area (Å²) in [5.74, 6) is 2.06. The largest absolute Gasteiger partial charge is 0.367 e. The van der Waals surface area contributed by atoms with Crippen molar-refractivity contribution in [1.29, 1.82) is 0 Å². The first-order chi connectivity index (χ1) is 9.61. The summed E-state index contributed by atoms with van der Waals surface area (Å²) in [6.45, 7) is 6.14. The van der Waals surface area contributed by atoms with Crippen LogP contribution in [0.25, 0.3) is 0 Å². The Balaban J connectivity index is 1.72. The number of nitrogens with one attached hydrogen (secondary N) is 1. The Morgan fingerprint density at radius 1 is 1.25 bits per heavy atom. The molecule has 0 radical (unpaired) electrons. The van der Waals surface area contributed by atoms with Crippen LogP contribution in [0.4, 0.5) is 5.82 Å². The summed E-state index contributed by atoms with van der Waals surface area (Å²) in [6.07, 6.45) is 3.63. The lowest BCUT2D eigenvalue weighted by Gasteiger charge is -2.34. The Bertz CT molecular complexity index is 488. The maximum absolute atomic E-state index is 12.6. The van der Waals surface area contributed by atoms with Gasteiger partial charge in [-0.05, 0) is 43.2 Å². The number of piperidine rings is 1. The van der Waals surface area contributed by atoms with Crippen LogP contribution >= 0.6 is 0 Å². The molecule has 1 N–H and O–H groups in total. The Hall–Kier alpha value is -1.58. The van der Waals surface area contributed by atoms with Crippen molar-refractivity contribution in [1.82, 2.24) is 9.88 Å². The SMILES string of the molecule is CC1CC(C)CN(C(=O)c2cccc(NC3CC3)n2)C1. The smallest absolute Gasteiger partial charge is 0.272 e. The van der Waals surface area contributed by atoms with E-state index in [4.69, 9.17) is 0 Å². The lowest BCUT2D eigenvalue weighted by atomic mass is 9.92. The first-order valence-corrected chi connectivity index (χ1v) is 7.64. The maximum Gasteiger partial charge on any atom is 0.272 e. The quantitative estimate of drug-likeness (QED) is 0.921. The predicted octanol–water partition coefficient (Wildman–Crippen LogP) is 2.77. The van der Waals surface area contributed by atoms with E-state index in [1.54, 1.807) is 0 Å². The van der Waals surface area contributed by atoms with Crippen molar-refractivity contribution in [2.45, 2.75) is 39.2 Å². The van der Waals surface area contributed by atoms with Gasteiger partial charge in [0.2, 0.25) is 0 Å². The Kier molecular flexibility index (Phi) is 3.64. The molecule has 1 saturated carbocycles. The summed E-state index contributed by atoms with van der Waals surface area (Å²) in [7, 11) is 0. The monoisotopic (exact) mass is 273 g/mol. The summed E-state index contributed by atoms with van der Waals surface area (Å²) >= 11 is 0. The number of hydrogen-bond donors (Lipinski definition) is 1. The van der Waals surface area contributed by atoms with Gasteiger partial charge in [0, 0.05) is 19.1 Å². The number of nitrogens with zero attached hydrogens (tertiary/aromatic N) is 2. The van der Waals surface area contributed by atoms with E-state index in [-0.39, 0.29) is 5.91 Å². The van der Waals surface area contributed by atoms with E-state index in [9.17, 15) is 4.79 Å². The highest BCUT2D eigenvalue weighted by Gasteiger charge is 2.27. The van der Waals surface area contributed by atoms with Gasteiger partial charge in [-0.25, -0.2) is 4.98 Å². The van der Waals surface area contributed by atoms with Gasteiger partial charge in [0.25, 0.3) is 5.91 Å². The molecule has 3 rings (SSSR count). The van der Waals surface area contributed by atoms with E-state index >= 15 is 0 Å². The number of carbonyl (C=O) groups excluding carboxylic acids is 1. The van der Waals surface area contributed by atoms with E-state index in [2.05, 4.69) is 24.1 Å². The molecule has 2 fully saturated rings. The molecule has 1 aromatic heterocycles. The lowest BCUT2D eigenvalue weighted by molar-refractivity contribution is 0.0617. The second-order valence-corrected chi connectivity index (χ2v) is 6.48. The maximum atomic E-state index is 12.6. The zero-order valence-electron chi connectivity index (χ0n) is 12.3. The molecule has 108 valence electrons. The van der Waals surface area contributed by atoms with Gasteiger partial charge in [-0.1, -0.05) is 19.9 Å². The van der Waals surface area contributed by atoms with Gasteiger partial charge in [-0.3, -0.25) is 4.79 Å². The molecule has 1 amide bonds. The molecule has 1 aliphatic carbocycles. The number of pyridine rings is 1. The van der Waals surface area contributed by atoms with Crippen LogP contribution in [0.3, 0.4) is 0 Å². The van der Waals surface area contributed by atoms with Crippen LogP contribution in [0.2, 0.25) is 0 Å². The molecule has 20 heavy (non-hydrogen) atoms. The average molecular weight is 273 g/mol. The van der Waals surface area contributed by atoms with Gasteiger partial charge in [-0.15, -0.1) is 0 Å². The van der Waals surface area contributed by atoms with Crippen molar-refractivity contribution in [3.05, 3.63) is 23.9 Å². The molecule has 0 spiro atoms. The van der Waals surface area contributed by atoms with Crippen molar-refractivity contribution in [3.8, 4) is 0 Å². The summed E-state index contributed by atoms with van der Waals surface area (Å²) in [6, 6.07) is 6.24. The van der Waals surface area contributed by atoms with Crippen molar-refractivity contribution >= 4 is 11.7 Å². The second kappa shape index (κ2) is 5.43. The number of rotatable bonds is 3. The normalized spacial score (nSPS) is 26.4. The first kappa shape index (κ1) is 13.4. The fourth-order valence-corrected chi connectivity index (χ4v) is 3.06. The molecular weight excluding hydrogens is 250 g/mol. The fourth-order valence-electron chi connectivity index (χ4n) is 3.06. The summed E-state index contributed by atoms with van der Waals surface area (Å²) in [5, 5.41) is 3.35. The van der Waals surface area contributed by atoms with Crippen LogP contribution in [0.1, 0.15) is 43.6 Å². The van der Waals surface area contributed by atoms with Crippen molar-refractivity contribution in [3.63, 3.8) is 0 Å². The van der Waals surface area contributed by atoms with Gasteiger partial charge in [0.1, 0.15) is 11.5 Å². The number of amides is 1. The van der Waals surface area contributed by atoms with E-state index in [0.29, 0.717) is 23.6 Å². The van der Waals surface area contributed by atoms with E-state index in [1.165, 1.54) is 19.3 Å². The molecule has 1 aromatic rings. The highest BCUT2D eigenvalue weighted by Crippen LogP contribution is 2.25. The molecule has 0 aromatic carbocycles. The minimum Gasteiger partial charge on any atom is -0.367 e. The first-order valence-electron chi connectivity index (χ1n) is 7.64. The number of likely N-dealkylation sites (tertiary alicyclic amines) is 1. The number of anilines is 1. The molecule has 4 heteroatoms. The molecule has 2 atom stereocenters. The third kappa shape index (κ3) is 3.11. The summed E-state index contributed by atoms with van der Waals surface area (Å²) in [5.41, 5.74) is 0.567. The molecule has 4 nitrogen and oxygen atoms in total. The Morgan fingerprint density at radius 2 is 1.95 bits per heavy atom. The lowest BCUT2D eigenvalue weighted by Crippen LogP contribution is -2.42. The highest BCUT2D eigenvalue weighted by molar-refractivity contribution is 5.92. The van der Waals surface area contributed by atoms with E-state index in [1.807, 2.05) is 23.1 Å². The van der Waals surface area contributed by atoms with Crippen LogP contribution in [0.5, 0.6) is 0 Å². The molecule has 1 aliphatic heterocycles. The average Bonchev–Trinajstić information content (AvgIpc) is 3.21. The zero-order valence-corrected chi connectivity index (χ0v) is 12.3. The van der Waals surface area contributed by atoms with Crippen LogP contribution < -0.4 is 5.32 Å². The van der Waals surface area contributed by atoms with Crippen LogP contribution in [0, 0.1) is 11.8 Å². The summed E-state index contributed by atoms with van der Waals surface area (Å²) < 4.78 is 0. The highest BCUT2D eigenvalue weighted by atomic mass is 16.2. The number of hydrogen-bond acceptors (Lipinski definition) is 3. The third-order valence-corrected chi connectivity index (χ3v) is 4.05. The van der Waals surface area contributed by atoms with E-state index in [0.717, 1.165) is 18.9 Å². The second-order valence-electron chi connectivity index (χ2n) is 6.48. The van der Waals surface area contributed by atoms with E-state index < -0.39 is 0 Å². The molecule has 2 unspecified atom stereocenters. The Labute approximate surface area is 120 Å². The number of aromatic nitrogens is 1. The standard InChI is InChI=1S/C16H23N3O/c1-11-8-12(2)10-19(9-11)16(20)14-4-3-5-15(18-14)17-13-6-7-13/h3-5,11-13H,6-10H2,1-2H3,(H,17,18). The van der Waals surface area contributed by atoms with Crippen molar-refractivity contribution < 1.29 is 4.79 Å². The van der Waals surface area contributed by atoms with Gasteiger partial charge < -0.3 is 10.2 Å². The van der Waals surface area contributed by atoms with Gasteiger partial charge in [0.05, 0.1) is 0 Å². The van der Waals surface area contributed by atoms with Crippen molar-refractivity contribution in [2.75, 3.05) is 18.4 Å². The third-order valence-electron chi connectivity index (χ3n) is 4.05. The molecule has 1 saturated heterocycles. The molecule has 2 aliphatic rings. The number of carbonyl (C=O) groups is 1. The Morgan fingerprint density at radius 3 is 2.60 bits per heavy atom. The minimum atomic E-state index is 0.0721. The zero-order chi connectivity index (χ0) is 14.1. The van der Waals surface area contributed by atoms with Crippen LogP contribution in [0.15, 0.2) is 18.2 Å². The fraction of sp³-hybridized carbons (Fsp3) is 0.625. The molecular formula is C16H23N3O. The summed E-state index contributed by atoms with van der Waals surface area (Å²) in [4.78, 5) is 19.0. The predicted molar refractivity (Wildman–Crippen MR) is 79.7 cm³/mol. The van der Waals surface area contributed by atoms with Gasteiger partial charge in [0.15, 0.2) is 0 Å². The van der Waals surface area contributed by atoms with Crippen LogP contribution in [-0.4, -0.2) is 34.9 Å². The van der Waals surface area contributed by atoms with Gasteiger partial charge in [-0.2, -0.15) is 0 Å². The van der Waals surface area contributed by atoms with Crippen LogP contribution in [-0.2, 0) is 0 Å². The topological polar surface area (TPSA) is 45.2 Å². The molecule has 2 heterocycles. The molecule has 0 bridgehead atoms.